The molecular formula is C69H127NO3. The second-order valence-electron chi connectivity index (χ2n) is 22.2. The van der Waals surface area contributed by atoms with Crippen LogP contribution in [0.15, 0.2) is 72.9 Å². The number of allylic oxidation sites excluding steroid dienone is 11. The Kier molecular flexibility index (Phi) is 62.2. The zero-order valence-corrected chi connectivity index (χ0v) is 49.2. The smallest absolute Gasteiger partial charge is 0.220 e. The molecule has 0 saturated carbocycles. The van der Waals surface area contributed by atoms with Gasteiger partial charge in [-0.15, -0.1) is 0 Å². The molecule has 0 aliphatic heterocycles. The second-order valence-corrected chi connectivity index (χ2v) is 22.2. The first kappa shape index (κ1) is 70.8. The molecule has 0 aliphatic rings. The highest BCUT2D eigenvalue weighted by molar-refractivity contribution is 5.76. The van der Waals surface area contributed by atoms with E-state index in [1.54, 1.807) is 6.08 Å². The molecule has 2 atom stereocenters. The second kappa shape index (κ2) is 64.1. The molecule has 0 aromatic rings. The molecule has 0 rings (SSSR count). The molecule has 0 aromatic carbocycles. The Morgan fingerprint density at radius 1 is 0.342 bits per heavy atom. The van der Waals surface area contributed by atoms with Gasteiger partial charge in [0.2, 0.25) is 5.91 Å². The number of nitrogens with one attached hydrogen (secondary N) is 1. The van der Waals surface area contributed by atoms with Crippen LogP contribution < -0.4 is 5.32 Å². The first-order valence-electron chi connectivity index (χ1n) is 32.7. The summed E-state index contributed by atoms with van der Waals surface area (Å²) < 4.78 is 0. The van der Waals surface area contributed by atoms with E-state index >= 15 is 0 Å². The standard InChI is InChI=1S/C69H127NO3/c1-3-5-7-9-11-13-15-17-19-21-23-25-27-28-29-30-31-32-33-34-35-36-37-38-39-40-41-42-43-45-47-49-51-53-55-57-59-61-63-65-69(73)70-67(66-71)68(72)64-62-60-58-56-54-52-50-48-46-44-26-24-22-20-18-16-14-12-10-8-6-4-2/h5,7,11,13,17,19,23,25,28-29,62,64,67-68,71-72H,3-4,6,8-10,12,14-16,18,20-22,24,26-27,30-61,63,65-66H2,1-2H3,(H,70,73)/b7-5-,13-11-,19-17-,25-23-,29-28-,64-62+. The molecule has 0 aromatic heterocycles. The van der Waals surface area contributed by atoms with Crippen LogP contribution in [0.5, 0.6) is 0 Å². The van der Waals surface area contributed by atoms with Crippen LogP contribution in [0.1, 0.15) is 341 Å². The van der Waals surface area contributed by atoms with Gasteiger partial charge >= 0.3 is 0 Å². The van der Waals surface area contributed by atoms with E-state index in [0.29, 0.717) is 6.42 Å². The predicted octanol–water partition coefficient (Wildman–Crippen LogP) is 22.1. The molecule has 0 radical (unpaired) electrons. The molecule has 3 N–H and O–H groups in total. The summed E-state index contributed by atoms with van der Waals surface area (Å²) >= 11 is 0. The fourth-order valence-electron chi connectivity index (χ4n) is 10.0. The lowest BCUT2D eigenvalue weighted by atomic mass is 10.0. The summed E-state index contributed by atoms with van der Waals surface area (Å²) in [6.45, 7) is 4.23. The van der Waals surface area contributed by atoms with Crippen molar-refractivity contribution < 1.29 is 15.0 Å². The lowest BCUT2D eigenvalue weighted by Crippen LogP contribution is -2.45. The number of hydrogen-bond acceptors (Lipinski definition) is 3. The first-order valence-corrected chi connectivity index (χ1v) is 32.7. The molecule has 0 spiro atoms. The normalized spacial score (nSPS) is 13.2. The van der Waals surface area contributed by atoms with Gasteiger partial charge in [0.25, 0.3) is 0 Å². The largest absolute Gasteiger partial charge is 0.394 e. The van der Waals surface area contributed by atoms with E-state index in [1.165, 1.54) is 263 Å². The monoisotopic (exact) mass is 1020 g/mol. The van der Waals surface area contributed by atoms with Gasteiger partial charge in [-0.05, 0) is 64.2 Å². The Hall–Kier alpha value is -2.17. The van der Waals surface area contributed by atoms with Crippen LogP contribution in [-0.2, 0) is 4.79 Å². The van der Waals surface area contributed by atoms with E-state index < -0.39 is 12.1 Å². The van der Waals surface area contributed by atoms with Gasteiger partial charge in [0.15, 0.2) is 0 Å². The number of aliphatic hydroxyl groups excluding tert-OH is 2. The first-order chi connectivity index (χ1) is 36.2. The minimum absolute atomic E-state index is 0.0583. The summed E-state index contributed by atoms with van der Waals surface area (Å²) in [5.74, 6) is -0.0583. The zero-order chi connectivity index (χ0) is 52.7. The van der Waals surface area contributed by atoms with Crippen LogP contribution in [0.4, 0.5) is 0 Å². The summed E-state index contributed by atoms with van der Waals surface area (Å²) in [5.41, 5.74) is 0. The number of hydrogen-bond donors (Lipinski definition) is 3. The van der Waals surface area contributed by atoms with Gasteiger partial charge in [-0.1, -0.05) is 344 Å². The van der Waals surface area contributed by atoms with Crippen molar-refractivity contribution in [1.29, 1.82) is 0 Å². The average Bonchev–Trinajstić information content (AvgIpc) is 3.40. The van der Waals surface area contributed by atoms with Crippen molar-refractivity contribution in [3.63, 3.8) is 0 Å². The minimum Gasteiger partial charge on any atom is -0.394 e. The zero-order valence-electron chi connectivity index (χ0n) is 49.2. The predicted molar refractivity (Wildman–Crippen MR) is 327 cm³/mol. The van der Waals surface area contributed by atoms with Crippen molar-refractivity contribution in [2.75, 3.05) is 6.61 Å². The number of rotatable bonds is 60. The van der Waals surface area contributed by atoms with E-state index in [1.807, 2.05) is 6.08 Å². The van der Waals surface area contributed by atoms with Crippen LogP contribution in [0.25, 0.3) is 0 Å². The van der Waals surface area contributed by atoms with Crippen molar-refractivity contribution in [1.82, 2.24) is 5.32 Å². The Balaban J connectivity index is 3.43. The topological polar surface area (TPSA) is 69.6 Å². The SMILES string of the molecule is CC/C=C\C/C=C\C/C=C\C/C=C\C/C=C\CCCCCCCCCCCCCCCCCCCCCCCCCC(=O)NC(CO)C(O)/C=C/CCCCCCCCCCCCCCCCCCCCCC. The quantitative estimate of drug-likeness (QED) is 0.0420. The van der Waals surface area contributed by atoms with Crippen molar-refractivity contribution in [3.8, 4) is 0 Å². The third-order valence-electron chi connectivity index (χ3n) is 14.9. The summed E-state index contributed by atoms with van der Waals surface area (Å²) in [6, 6.07) is -0.623. The van der Waals surface area contributed by atoms with Gasteiger partial charge in [-0.3, -0.25) is 4.79 Å². The summed E-state index contributed by atoms with van der Waals surface area (Å²) in [4.78, 5) is 12.5. The van der Waals surface area contributed by atoms with Crippen molar-refractivity contribution in [2.45, 2.75) is 353 Å². The number of aliphatic hydroxyl groups is 2. The molecule has 426 valence electrons. The molecule has 0 fully saturated rings. The maximum absolute atomic E-state index is 12.5. The highest BCUT2D eigenvalue weighted by Gasteiger charge is 2.18. The van der Waals surface area contributed by atoms with Gasteiger partial charge in [0.1, 0.15) is 0 Å². The number of amides is 1. The van der Waals surface area contributed by atoms with Crippen LogP contribution in [0.2, 0.25) is 0 Å². The number of unbranched alkanes of at least 4 members (excludes halogenated alkanes) is 43. The lowest BCUT2D eigenvalue weighted by molar-refractivity contribution is -0.123. The maximum atomic E-state index is 12.5. The van der Waals surface area contributed by atoms with Crippen molar-refractivity contribution >= 4 is 5.91 Å². The molecule has 0 heterocycles. The number of carbonyl (C=O) groups is 1. The van der Waals surface area contributed by atoms with E-state index in [9.17, 15) is 15.0 Å². The third kappa shape index (κ3) is 60.6. The van der Waals surface area contributed by atoms with Gasteiger partial charge in [0.05, 0.1) is 18.8 Å². The van der Waals surface area contributed by atoms with Crippen molar-refractivity contribution in [2.24, 2.45) is 0 Å². The van der Waals surface area contributed by atoms with Crippen LogP contribution in [0, 0.1) is 0 Å². The molecular weight excluding hydrogens is 891 g/mol. The minimum atomic E-state index is -0.840. The lowest BCUT2D eigenvalue weighted by Gasteiger charge is -2.20. The van der Waals surface area contributed by atoms with Crippen LogP contribution >= 0.6 is 0 Å². The highest BCUT2D eigenvalue weighted by atomic mass is 16.3. The van der Waals surface area contributed by atoms with Gasteiger partial charge in [-0.25, -0.2) is 0 Å². The van der Waals surface area contributed by atoms with Gasteiger partial charge in [-0.2, -0.15) is 0 Å². The Labute approximate surface area is 457 Å². The Morgan fingerprint density at radius 2 is 0.603 bits per heavy atom. The van der Waals surface area contributed by atoms with E-state index in [4.69, 9.17) is 0 Å². The molecule has 0 aliphatic carbocycles. The molecule has 1 amide bonds. The molecule has 0 bridgehead atoms. The fraction of sp³-hybridized carbons (Fsp3) is 0.812. The summed E-state index contributed by atoms with van der Waals surface area (Å²) in [5, 5.41) is 23.3. The van der Waals surface area contributed by atoms with Gasteiger partial charge in [0, 0.05) is 6.42 Å². The van der Waals surface area contributed by atoms with Crippen LogP contribution in [-0.4, -0.2) is 34.9 Å². The average molecular weight is 1020 g/mol. The Bertz CT molecular complexity index is 1250. The van der Waals surface area contributed by atoms with E-state index in [2.05, 4.69) is 79.9 Å². The Morgan fingerprint density at radius 3 is 0.904 bits per heavy atom. The molecule has 4 heteroatoms. The maximum Gasteiger partial charge on any atom is 0.220 e. The summed E-state index contributed by atoms with van der Waals surface area (Å²) in [7, 11) is 0. The molecule has 4 nitrogen and oxygen atoms in total. The number of carbonyl (C=O) groups excluding carboxylic acids is 1. The van der Waals surface area contributed by atoms with E-state index in [0.717, 1.165) is 57.8 Å². The molecule has 0 saturated heterocycles. The summed E-state index contributed by atoms with van der Waals surface area (Å²) in [6.07, 6.45) is 92.5. The van der Waals surface area contributed by atoms with Gasteiger partial charge < -0.3 is 15.5 Å². The third-order valence-corrected chi connectivity index (χ3v) is 14.9. The highest BCUT2D eigenvalue weighted by Crippen LogP contribution is 2.18. The van der Waals surface area contributed by atoms with Crippen LogP contribution in [0.3, 0.4) is 0 Å². The van der Waals surface area contributed by atoms with Crippen molar-refractivity contribution in [3.05, 3.63) is 72.9 Å². The molecule has 2 unspecified atom stereocenters. The van der Waals surface area contributed by atoms with E-state index in [-0.39, 0.29) is 12.5 Å². The fourth-order valence-corrected chi connectivity index (χ4v) is 10.0. The molecule has 73 heavy (non-hydrogen) atoms.